The molecule has 0 saturated carbocycles. The van der Waals surface area contributed by atoms with Crippen molar-refractivity contribution in [2.24, 2.45) is 0 Å². The quantitative estimate of drug-likeness (QED) is 0.450. The van der Waals surface area contributed by atoms with Crippen molar-refractivity contribution in [2.45, 2.75) is 25.3 Å². The van der Waals surface area contributed by atoms with Crippen LogP contribution in [-0.4, -0.2) is 54.0 Å². The molecule has 4 amide bonds. The molecule has 1 saturated heterocycles. The van der Waals surface area contributed by atoms with Crippen LogP contribution in [0.3, 0.4) is 0 Å². The van der Waals surface area contributed by atoms with Gasteiger partial charge in [0.15, 0.2) is 0 Å². The highest BCUT2D eigenvalue weighted by molar-refractivity contribution is 6.05. The number of carbonyl (C=O) groups excluding carboxylic acids is 3. The van der Waals surface area contributed by atoms with E-state index >= 15 is 0 Å². The fraction of sp³-hybridized carbons (Fsp3) is 0.292. The van der Waals surface area contributed by atoms with E-state index in [-0.39, 0.29) is 24.8 Å². The Kier molecular flexibility index (Phi) is 6.39. The third-order valence-electron chi connectivity index (χ3n) is 5.69. The molecule has 4 rings (SSSR count). The number of aromatic amines is 1. The molecular formula is C24H26N4O4. The monoisotopic (exact) mass is 434 g/mol. The summed E-state index contributed by atoms with van der Waals surface area (Å²) in [5.41, 5.74) is 3.09. The van der Waals surface area contributed by atoms with Crippen LogP contribution in [0.25, 0.3) is 10.9 Å². The lowest BCUT2D eigenvalue weighted by Crippen LogP contribution is -2.37. The number of imide groups is 1. The fourth-order valence-electron chi connectivity index (χ4n) is 4.00. The second-order valence-corrected chi connectivity index (χ2v) is 7.72. The van der Waals surface area contributed by atoms with Crippen LogP contribution in [0.1, 0.15) is 17.5 Å². The van der Waals surface area contributed by atoms with Crippen LogP contribution in [0.15, 0.2) is 54.7 Å². The number of rotatable bonds is 9. The van der Waals surface area contributed by atoms with Gasteiger partial charge in [-0.05, 0) is 36.1 Å². The highest BCUT2D eigenvalue weighted by Crippen LogP contribution is 2.20. The molecule has 1 aromatic heterocycles. The number of nitrogens with zero attached hydrogens (tertiary/aromatic N) is 1. The molecule has 3 aromatic rings. The number of ether oxygens (including phenoxy) is 1. The fourth-order valence-corrected chi connectivity index (χ4v) is 4.00. The zero-order chi connectivity index (χ0) is 22.5. The average Bonchev–Trinajstić information content (AvgIpc) is 3.33. The minimum Gasteiger partial charge on any atom is -0.496 e. The Morgan fingerprint density at radius 3 is 2.69 bits per heavy atom. The Morgan fingerprint density at radius 1 is 1.06 bits per heavy atom. The van der Waals surface area contributed by atoms with Crippen LogP contribution >= 0.6 is 0 Å². The van der Waals surface area contributed by atoms with Gasteiger partial charge in [-0.25, -0.2) is 4.79 Å². The number of urea groups is 1. The third kappa shape index (κ3) is 4.59. The standard InChI is InChI=1S/C24H26N4O4/c1-32-21-9-5-2-6-16(21)11-13-28-23(30)20(27-24(28)31)14-22(29)25-12-10-17-15-26-19-8-4-3-7-18(17)19/h2-9,15,20,26H,10-14H2,1H3,(H,25,29)(H,27,31)/t20-/m0/s1. The maximum absolute atomic E-state index is 12.7. The van der Waals surface area contributed by atoms with Crippen LogP contribution in [0, 0.1) is 0 Å². The number of carbonyl (C=O) groups is 3. The molecule has 32 heavy (non-hydrogen) atoms. The maximum atomic E-state index is 12.7. The average molecular weight is 434 g/mol. The molecule has 0 spiro atoms. The first-order valence-electron chi connectivity index (χ1n) is 10.6. The second-order valence-electron chi connectivity index (χ2n) is 7.72. The van der Waals surface area contributed by atoms with Gasteiger partial charge in [0.05, 0.1) is 13.5 Å². The second kappa shape index (κ2) is 9.55. The van der Waals surface area contributed by atoms with Gasteiger partial charge in [-0.15, -0.1) is 0 Å². The van der Waals surface area contributed by atoms with E-state index in [0.717, 1.165) is 26.9 Å². The molecule has 8 heteroatoms. The van der Waals surface area contributed by atoms with Gasteiger partial charge in [0.1, 0.15) is 11.8 Å². The summed E-state index contributed by atoms with van der Waals surface area (Å²) in [6.45, 7) is 0.677. The molecule has 2 aromatic carbocycles. The summed E-state index contributed by atoms with van der Waals surface area (Å²) in [5, 5.41) is 6.59. The molecule has 8 nitrogen and oxygen atoms in total. The number of H-pyrrole nitrogens is 1. The first kappa shape index (κ1) is 21.4. The molecular weight excluding hydrogens is 408 g/mol. The zero-order valence-electron chi connectivity index (χ0n) is 17.9. The minimum atomic E-state index is -0.840. The topological polar surface area (TPSA) is 104 Å². The number of amides is 4. The van der Waals surface area contributed by atoms with Gasteiger partial charge in [-0.1, -0.05) is 36.4 Å². The Hall–Kier alpha value is -3.81. The first-order chi connectivity index (χ1) is 15.6. The molecule has 0 unspecified atom stereocenters. The van der Waals surface area contributed by atoms with Crippen molar-refractivity contribution in [1.82, 2.24) is 20.5 Å². The van der Waals surface area contributed by atoms with E-state index in [9.17, 15) is 14.4 Å². The van der Waals surface area contributed by atoms with Crippen LogP contribution < -0.4 is 15.4 Å². The summed E-state index contributed by atoms with van der Waals surface area (Å²) in [4.78, 5) is 41.7. The molecule has 0 aliphatic carbocycles. The Bertz CT molecular complexity index is 1140. The van der Waals surface area contributed by atoms with Crippen molar-refractivity contribution in [2.75, 3.05) is 20.2 Å². The van der Waals surface area contributed by atoms with E-state index in [4.69, 9.17) is 4.74 Å². The summed E-state index contributed by atoms with van der Waals surface area (Å²) in [7, 11) is 1.58. The van der Waals surface area contributed by atoms with Gasteiger partial charge in [-0.2, -0.15) is 0 Å². The third-order valence-corrected chi connectivity index (χ3v) is 5.69. The number of aromatic nitrogens is 1. The zero-order valence-corrected chi connectivity index (χ0v) is 17.9. The largest absolute Gasteiger partial charge is 0.496 e. The van der Waals surface area contributed by atoms with Gasteiger partial charge >= 0.3 is 6.03 Å². The molecule has 1 aliphatic rings. The van der Waals surface area contributed by atoms with Crippen LogP contribution in [0.5, 0.6) is 5.75 Å². The van der Waals surface area contributed by atoms with Gasteiger partial charge in [0, 0.05) is 30.2 Å². The van der Waals surface area contributed by atoms with E-state index in [1.807, 2.05) is 54.7 Å². The minimum absolute atomic E-state index is 0.0797. The molecule has 3 N–H and O–H groups in total. The summed E-state index contributed by atoms with van der Waals surface area (Å²) in [6, 6.07) is 14.2. The first-order valence-corrected chi connectivity index (χ1v) is 10.6. The lowest BCUT2D eigenvalue weighted by atomic mass is 10.1. The van der Waals surface area contributed by atoms with E-state index in [1.165, 1.54) is 0 Å². The van der Waals surface area contributed by atoms with E-state index in [0.29, 0.717) is 25.1 Å². The summed E-state index contributed by atoms with van der Waals surface area (Å²) in [5.74, 6) is 0.0671. The molecule has 0 radical (unpaired) electrons. The highest BCUT2D eigenvalue weighted by atomic mass is 16.5. The van der Waals surface area contributed by atoms with Crippen LogP contribution in [0.4, 0.5) is 4.79 Å². The molecule has 1 fully saturated rings. The lowest BCUT2D eigenvalue weighted by molar-refractivity contribution is -0.130. The Labute approximate surface area is 185 Å². The highest BCUT2D eigenvalue weighted by Gasteiger charge is 2.38. The predicted octanol–water partition coefficient (Wildman–Crippen LogP) is 2.39. The lowest BCUT2D eigenvalue weighted by Gasteiger charge is -2.14. The van der Waals surface area contributed by atoms with Crippen molar-refractivity contribution < 1.29 is 19.1 Å². The number of hydrogen-bond donors (Lipinski definition) is 3. The summed E-state index contributed by atoms with van der Waals surface area (Å²) >= 11 is 0. The summed E-state index contributed by atoms with van der Waals surface area (Å²) in [6.07, 6.45) is 3.01. The number of nitrogens with one attached hydrogen (secondary N) is 3. The van der Waals surface area contributed by atoms with Crippen molar-refractivity contribution in [3.8, 4) is 5.75 Å². The normalized spacial score (nSPS) is 15.8. The molecule has 166 valence electrons. The van der Waals surface area contributed by atoms with Crippen molar-refractivity contribution in [3.63, 3.8) is 0 Å². The number of para-hydroxylation sites is 2. The van der Waals surface area contributed by atoms with Gasteiger partial charge in [0.2, 0.25) is 5.91 Å². The number of hydrogen-bond acceptors (Lipinski definition) is 4. The van der Waals surface area contributed by atoms with E-state index in [2.05, 4.69) is 15.6 Å². The molecule has 1 aliphatic heterocycles. The van der Waals surface area contributed by atoms with Crippen molar-refractivity contribution in [3.05, 3.63) is 65.9 Å². The Balaban J connectivity index is 1.26. The SMILES string of the molecule is COc1ccccc1CCN1C(=O)N[C@@H](CC(=O)NCCc2c[nH]c3ccccc23)C1=O. The van der Waals surface area contributed by atoms with E-state index in [1.54, 1.807) is 7.11 Å². The smallest absolute Gasteiger partial charge is 0.324 e. The number of fused-ring (bicyclic) bond motifs is 1. The van der Waals surface area contributed by atoms with E-state index < -0.39 is 12.1 Å². The predicted molar refractivity (Wildman–Crippen MR) is 120 cm³/mol. The van der Waals surface area contributed by atoms with Crippen molar-refractivity contribution >= 4 is 28.7 Å². The maximum Gasteiger partial charge on any atom is 0.324 e. The Morgan fingerprint density at radius 2 is 1.84 bits per heavy atom. The number of methoxy groups -OCH3 is 1. The molecule has 2 heterocycles. The number of benzene rings is 2. The van der Waals surface area contributed by atoms with Crippen molar-refractivity contribution in [1.29, 1.82) is 0 Å². The van der Waals surface area contributed by atoms with Gasteiger partial charge < -0.3 is 20.4 Å². The van der Waals surface area contributed by atoms with Gasteiger partial charge in [0.25, 0.3) is 5.91 Å². The van der Waals surface area contributed by atoms with Crippen LogP contribution in [-0.2, 0) is 22.4 Å². The molecule has 0 bridgehead atoms. The summed E-state index contributed by atoms with van der Waals surface area (Å²) < 4.78 is 5.32. The van der Waals surface area contributed by atoms with Gasteiger partial charge in [-0.3, -0.25) is 14.5 Å². The molecule has 1 atom stereocenters. The van der Waals surface area contributed by atoms with Crippen LogP contribution in [0.2, 0.25) is 0 Å².